The number of nitrogens with one attached hydrogen (secondary N) is 1. The van der Waals surface area contributed by atoms with Crippen LogP contribution in [0.3, 0.4) is 0 Å². The fraction of sp³-hybridized carbons (Fsp3) is 0.375. The zero-order valence-electron chi connectivity index (χ0n) is 11.9. The Kier molecular flexibility index (Phi) is 5.34. The summed E-state index contributed by atoms with van der Waals surface area (Å²) in [7, 11) is 0. The summed E-state index contributed by atoms with van der Waals surface area (Å²) < 4.78 is 1.20. The quantitative estimate of drug-likeness (QED) is 0.803. The van der Waals surface area contributed by atoms with Gasteiger partial charge < -0.3 is 4.98 Å². The highest BCUT2D eigenvalue weighted by Gasteiger charge is 2.10. The van der Waals surface area contributed by atoms with Gasteiger partial charge in [-0.15, -0.1) is 0 Å². The minimum atomic E-state index is 0.00199. The molecule has 0 spiro atoms. The first-order valence-corrected chi connectivity index (χ1v) is 8.01. The molecule has 0 aliphatic carbocycles. The van der Waals surface area contributed by atoms with Crippen molar-refractivity contribution in [2.45, 2.75) is 39.5 Å². The second-order valence-electron chi connectivity index (χ2n) is 4.98. The largest absolute Gasteiger partial charge is 0.311 e. The molecule has 0 radical (unpaired) electrons. The molecule has 0 unspecified atom stereocenters. The molecule has 1 N–H and O–H groups in total. The van der Waals surface area contributed by atoms with Gasteiger partial charge in [0.1, 0.15) is 5.82 Å². The van der Waals surface area contributed by atoms with Gasteiger partial charge in [-0.2, -0.15) is 0 Å². The predicted molar refractivity (Wildman–Crippen MR) is 90.2 cm³/mol. The normalized spacial score (nSPS) is 10.8. The van der Waals surface area contributed by atoms with E-state index in [1.807, 2.05) is 6.92 Å². The van der Waals surface area contributed by atoms with E-state index >= 15 is 0 Å². The predicted octanol–water partition coefficient (Wildman–Crippen LogP) is 3.62. The zero-order chi connectivity index (χ0) is 14.5. The standard InChI is InChI=1S/C16H19IN2O/c1-3-4-5-15-14(16(20)19-11(2)18-15)10-12-6-8-13(17)9-7-12/h6-9H,3-5,10H2,1-2H3,(H,18,19,20). The Hall–Kier alpha value is -1.17. The van der Waals surface area contributed by atoms with Gasteiger partial charge in [-0.1, -0.05) is 25.5 Å². The minimum Gasteiger partial charge on any atom is -0.311 e. The number of benzene rings is 1. The Labute approximate surface area is 133 Å². The first-order valence-electron chi connectivity index (χ1n) is 6.93. The van der Waals surface area contributed by atoms with Crippen LogP contribution in [0.2, 0.25) is 0 Å². The SMILES string of the molecule is CCCCc1nc(C)[nH]c(=O)c1Cc1ccc(I)cc1. The van der Waals surface area contributed by atoms with Crippen LogP contribution in [-0.4, -0.2) is 9.97 Å². The second-order valence-corrected chi connectivity index (χ2v) is 6.23. The highest BCUT2D eigenvalue weighted by molar-refractivity contribution is 14.1. The molecule has 106 valence electrons. The molecule has 2 aromatic rings. The zero-order valence-corrected chi connectivity index (χ0v) is 14.0. The lowest BCUT2D eigenvalue weighted by atomic mass is 10.0. The Morgan fingerprint density at radius 2 is 1.95 bits per heavy atom. The van der Waals surface area contributed by atoms with Crippen molar-refractivity contribution in [2.24, 2.45) is 0 Å². The average Bonchev–Trinajstić information content (AvgIpc) is 2.42. The fourth-order valence-corrected chi connectivity index (χ4v) is 2.57. The highest BCUT2D eigenvalue weighted by Crippen LogP contribution is 2.13. The van der Waals surface area contributed by atoms with E-state index in [1.165, 1.54) is 3.57 Å². The number of aromatic nitrogens is 2. The second kappa shape index (κ2) is 7.02. The van der Waals surface area contributed by atoms with Crippen LogP contribution >= 0.6 is 22.6 Å². The molecule has 20 heavy (non-hydrogen) atoms. The van der Waals surface area contributed by atoms with Gasteiger partial charge in [-0.3, -0.25) is 4.79 Å². The van der Waals surface area contributed by atoms with Gasteiger partial charge in [0.05, 0.1) is 5.69 Å². The molecule has 0 fully saturated rings. The van der Waals surface area contributed by atoms with Crippen LogP contribution in [0.1, 0.15) is 42.4 Å². The van der Waals surface area contributed by atoms with Crippen LogP contribution in [0.4, 0.5) is 0 Å². The third-order valence-electron chi connectivity index (χ3n) is 3.28. The molecule has 0 amide bonds. The van der Waals surface area contributed by atoms with Crippen molar-refractivity contribution in [1.82, 2.24) is 9.97 Å². The maximum Gasteiger partial charge on any atom is 0.254 e. The molecule has 1 aromatic carbocycles. The number of aryl methyl sites for hydroxylation is 2. The number of halogens is 1. The third kappa shape index (κ3) is 3.91. The smallest absolute Gasteiger partial charge is 0.254 e. The molecular weight excluding hydrogens is 363 g/mol. The Bertz CT molecular complexity index is 632. The minimum absolute atomic E-state index is 0.00199. The average molecular weight is 382 g/mol. The maximum atomic E-state index is 12.2. The lowest BCUT2D eigenvalue weighted by molar-refractivity contribution is 0.752. The van der Waals surface area contributed by atoms with Crippen molar-refractivity contribution in [3.05, 3.63) is 60.8 Å². The fourth-order valence-electron chi connectivity index (χ4n) is 2.21. The van der Waals surface area contributed by atoms with E-state index in [-0.39, 0.29) is 5.56 Å². The number of hydrogen-bond acceptors (Lipinski definition) is 2. The molecule has 4 heteroatoms. The van der Waals surface area contributed by atoms with Gasteiger partial charge in [0.2, 0.25) is 0 Å². The van der Waals surface area contributed by atoms with Gasteiger partial charge in [0, 0.05) is 15.6 Å². The first-order chi connectivity index (χ1) is 9.60. The molecule has 2 rings (SSSR count). The molecule has 0 bridgehead atoms. The Balaban J connectivity index is 2.34. The Morgan fingerprint density at radius 3 is 2.60 bits per heavy atom. The monoisotopic (exact) mass is 382 g/mol. The molecule has 3 nitrogen and oxygen atoms in total. The van der Waals surface area contributed by atoms with Gasteiger partial charge in [-0.25, -0.2) is 4.98 Å². The molecule has 1 heterocycles. The highest BCUT2D eigenvalue weighted by atomic mass is 127. The van der Waals surface area contributed by atoms with Crippen LogP contribution < -0.4 is 5.56 Å². The number of hydrogen-bond donors (Lipinski definition) is 1. The van der Waals surface area contributed by atoms with Gasteiger partial charge in [0.25, 0.3) is 5.56 Å². The molecule has 0 saturated heterocycles. The van der Waals surface area contributed by atoms with Crippen molar-refractivity contribution in [2.75, 3.05) is 0 Å². The summed E-state index contributed by atoms with van der Waals surface area (Å²) in [5.74, 6) is 0.701. The molecule has 0 aliphatic rings. The van der Waals surface area contributed by atoms with Crippen molar-refractivity contribution < 1.29 is 0 Å². The van der Waals surface area contributed by atoms with Crippen LogP contribution in [0, 0.1) is 10.5 Å². The molecule has 1 aromatic heterocycles. The van der Waals surface area contributed by atoms with Crippen molar-refractivity contribution in [3.8, 4) is 0 Å². The first kappa shape index (κ1) is 15.2. The summed E-state index contributed by atoms with van der Waals surface area (Å²) in [6.45, 7) is 3.99. The van der Waals surface area contributed by atoms with Gasteiger partial charge >= 0.3 is 0 Å². The molecule has 0 saturated carbocycles. The molecule has 0 atom stereocenters. The van der Waals surface area contributed by atoms with Gasteiger partial charge in [-0.05, 0) is 60.1 Å². The summed E-state index contributed by atoms with van der Waals surface area (Å²) in [5.41, 5.74) is 2.92. The van der Waals surface area contributed by atoms with Crippen molar-refractivity contribution >= 4 is 22.6 Å². The lowest BCUT2D eigenvalue weighted by Gasteiger charge is -2.09. The van der Waals surface area contributed by atoms with Crippen LogP contribution in [0.25, 0.3) is 0 Å². The van der Waals surface area contributed by atoms with Crippen molar-refractivity contribution in [1.29, 1.82) is 0 Å². The summed E-state index contributed by atoms with van der Waals surface area (Å²) >= 11 is 2.28. The summed E-state index contributed by atoms with van der Waals surface area (Å²) in [4.78, 5) is 19.5. The van der Waals surface area contributed by atoms with Crippen LogP contribution in [0.5, 0.6) is 0 Å². The summed E-state index contributed by atoms with van der Waals surface area (Å²) in [5, 5.41) is 0. The molecular formula is C16H19IN2O. The third-order valence-corrected chi connectivity index (χ3v) is 4.00. The van der Waals surface area contributed by atoms with E-state index < -0.39 is 0 Å². The summed E-state index contributed by atoms with van der Waals surface area (Å²) in [6, 6.07) is 8.28. The van der Waals surface area contributed by atoms with E-state index in [0.717, 1.165) is 36.1 Å². The van der Waals surface area contributed by atoms with E-state index in [1.54, 1.807) is 0 Å². The summed E-state index contributed by atoms with van der Waals surface area (Å²) in [6.07, 6.45) is 3.70. The number of nitrogens with zero attached hydrogens (tertiary/aromatic N) is 1. The number of rotatable bonds is 5. The number of H-pyrrole nitrogens is 1. The van der Waals surface area contributed by atoms with E-state index in [0.29, 0.717) is 12.2 Å². The van der Waals surface area contributed by atoms with E-state index in [2.05, 4.69) is 63.7 Å². The molecule has 0 aliphatic heterocycles. The van der Waals surface area contributed by atoms with E-state index in [9.17, 15) is 4.79 Å². The topological polar surface area (TPSA) is 45.8 Å². The van der Waals surface area contributed by atoms with Crippen LogP contribution in [-0.2, 0) is 12.8 Å². The number of aromatic amines is 1. The van der Waals surface area contributed by atoms with Crippen LogP contribution in [0.15, 0.2) is 29.1 Å². The van der Waals surface area contributed by atoms with E-state index in [4.69, 9.17) is 0 Å². The number of unbranched alkanes of at least 4 members (excludes halogenated alkanes) is 1. The van der Waals surface area contributed by atoms with Crippen molar-refractivity contribution in [3.63, 3.8) is 0 Å². The van der Waals surface area contributed by atoms with Gasteiger partial charge in [0.15, 0.2) is 0 Å². The lowest BCUT2D eigenvalue weighted by Crippen LogP contribution is -2.19. The maximum absolute atomic E-state index is 12.2. The Morgan fingerprint density at radius 1 is 1.25 bits per heavy atom.